The van der Waals surface area contributed by atoms with Crippen LogP contribution in [0.2, 0.25) is 0 Å². The zero-order chi connectivity index (χ0) is 22.0. The number of amides is 1. The van der Waals surface area contributed by atoms with E-state index in [-0.39, 0.29) is 18.6 Å². The first-order valence-electron chi connectivity index (χ1n) is 10.2. The van der Waals surface area contributed by atoms with Gasteiger partial charge in [0.25, 0.3) is 5.91 Å². The van der Waals surface area contributed by atoms with E-state index in [0.29, 0.717) is 42.9 Å². The molecule has 2 aliphatic rings. The second-order valence-corrected chi connectivity index (χ2v) is 7.80. The fourth-order valence-electron chi connectivity index (χ4n) is 4.30. The third kappa shape index (κ3) is 4.70. The third-order valence-electron chi connectivity index (χ3n) is 6.00. The van der Waals surface area contributed by atoms with E-state index < -0.39 is 11.7 Å². The highest BCUT2D eigenvalue weighted by molar-refractivity contribution is 5.78. The number of benzene rings is 1. The number of anilines is 1. The lowest BCUT2D eigenvalue weighted by Gasteiger charge is -2.39. The fourth-order valence-corrected chi connectivity index (χ4v) is 4.30. The van der Waals surface area contributed by atoms with E-state index in [2.05, 4.69) is 4.98 Å². The Bertz CT molecular complexity index is 903. The number of fused-ring (bicyclic) bond motifs is 1. The van der Waals surface area contributed by atoms with Crippen LogP contribution in [0.4, 0.5) is 19.0 Å². The summed E-state index contributed by atoms with van der Waals surface area (Å²) < 4.78 is 49.1. The number of rotatable bonds is 5. The average molecular weight is 435 g/mol. The van der Waals surface area contributed by atoms with Crippen molar-refractivity contribution in [1.29, 1.82) is 0 Å². The number of carbonyl (C=O) groups is 1. The first-order valence-corrected chi connectivity index (χ1v) is 10.2. The van der Waals surface area contributed by atoms with Crippen molar-refractivity contribution in [3.8, 4) is 11.5 Å². The second-order valence-electron chi connectivity index (χ2n) is 7.80. The summed E-state index contributed by atoms with van der Waals surface area (Å²) in [5.41, 5.74) is -0.764. The lowest BCUT2D eigenvalue weighted by molar-refractivity contribution is -0.138. The van der Waals surface area contributed by atoms with Gasteiger partial charge in [0, 0.05) is 25.8 Å². The van der Waals surface area contributed by atoms with E-state index in [1.54, 1.807) is 31.4 Å². The predicted octanol–water partition coefficient (Wildman–Crippen LogP) is 3.62. The lowest BCUT2D eigenvalue weighted by atomic mass is 9.92. The molecule has 0 saturated carbocycles. The third-order valence-corrected chi connectivity index (χ3v) is 6.00. The topological polar surface area (TPSA) is 54.9 Å². The maximum absolute atomic E-state index is 12.8. The van der Waals surface area contributed by atoms with Crippen LogP contribution in [0.3, 0.4) is 0 Å². The van der Waals surface area contributed by atoms with Crippen LogP contribution in [0.25, 0.3) is 0 Å². The number of hydrogen-bond donors (Lipinski definition) is 0. The van der Waals surface area contributed by atoms with Gasteiger partial charge in [-0.1, -0.05) is 0 Å². The first-order chi connectivity index (χ1) is 14.8. The molecule has 1 aromatic heterocycles. The van der Waals surface area contributed by atoms with Gasteiger partial charge in [0.15, 0.2) is 6.61 Å². The summed E-state index contributed by atoms with van der Waals surface area (Å²) in [5.74, 6) is 2.09. The highest BCUT2D eigenvalue weighted by Crippen LogP contribution is 2.34. The van der Waals surface area contributed by atoms with Gasteiger partial charge in [-0.3, -0.25) is 4.79 Å². The van der Waals surface area contributed by atoms with Crippen LogP contribution in [0.15, 0.2) is 42.6 Å². The molecule has 2 aromatic rings. The Kier molecular flexibility index (Phi) is 5.93. The van der Waals surface area contributed by atoms with E-state index in [1.165, 1.54) is 6.07 Å². The molecule has 6 nitrogen and oxygen atoms in total. The van der Waals surface area contributed by atoms with Gasteiger partial charge in [0.1, 0.15) is 17.3 Å². The Morgan fingerprint density at radius 1 is 1.10 bits per heavy atom. The Balaban J connectivity index is 1.37. The van der Waals surface area contributed by atoms with Crippen molar-refractivity contribution < 1.29 is 27.4 Å². The van der Waals surface area contributed by atoms with Gasteiger partial charge in [-0.25, -0.2) is 4.98 Å². The minimum atomic E-state index is -4.41. The number of pyridine rings is 1. The quantitative estimate of drug-likeness (QED) is 0.718. The molecule has 166 valence electrons. The minimum absolute atomic E-state index is 0.00445. The van der Waals surface area contributed by atoms with Gasteiger partial charge < -0.3 is 19.3 Å². The number of nitrogens with zero attached hydrogens (tertiary/aromatic N) is 3. The Hall–Kier alpha value is -2.97. The first kappa shape index (κ1) is 21.3. The van der Waals surface area contributed by atoms with Crippen LogP contribution in [0.5, 0.6) is 11.5 Å². The van der Waals surface area contributed by atoms with Crippen LogP contribution < -0.4 is 14.4 Å². The van der Waals surface area contributed by atoms with E-state index in [0.717, 1.165) is 25.1 Å². The van der Waals surface area contributed by atoms with Crippen molar-refractivity contribution in [2.24, 2.45) is 5.92 Å². The Morgan fingerprint density at radius 3 is 2.45 bits per heavy atom. The number of aromatic nitrogens is 1. The standard InChI is InChI=1S/C22H24F3N3O3/c1-30-17-3-5-18(6-4-17)31-14-21(29)28-11-9-15-8-10-27(13-19(15)28)20-7-2-16(12-26-20)22(23,24)25/h2-7,12,15,19H,8-11,13-14H2,1H3. The number of methoxy groups -OCH3 is 1. The molecule has 2 atom stereocenters. The molecule has 4 rings (SSSR count). The van der Waals surface area contributed by atoms with Crippen LogP contribution >= 0.6 is 0 Å². The van der Waals surface area contributed by atoms with Crippen LogP contribution in [0, 0.1) is 5.92 Å². The molecule has 9 heteroatoms. The van der Waals surface area contributed by atoms with E-state index >= 15 is 0 Å². The van der Waals surface area contributed by atoms with E-state index in [9.17, 15) is 18.0 Å². The Morgan fingerprint density at radius 2 is 1.81 bits per heavy atom. The Labute approximate surface area is 178 Å². The summed E-state index contributed by atoms with van der Waals surface area (Å²) in [5, 5.41) is 0. The number of piperidine rings is 1. The van der Waals surface area contributed by atoms with Crippen molar-refractivity contribution in [3.63, 3.8) is 0 Å². The van der Waals surface area contributed by atoms with Crippen molar-refractivity contribution in [2.75, 3.05) is 38.3 Å². The normalized spacial score (nSPS) is 21.0. The highest BCUT2D eigenvalue weighted by Gasteiger charge is 2.41. The molecule has 1 aromatic carbocycles. The molecule has 0 spiro atoms. The maximum Gasteiger partial charge on any atom is 0.417 e. The molecule has 0 aliphatic carbocycles. The van der Waals surface area contributed by atoms with Gasteiger partial charge in [-0.15, -0.1) is 0 Å². The van der Waals surface area contributed by atoms with Gasteiger partial charge in [0.2, 0.25) is 0 Å². The molecule has 0 bridgehead atoms. The number of carbonyl (C=O) groups excluding carboxylic acids is 1. The molecule has 2 unspecified atom stereocenters. The van der Waals surface area contributed by atoms with Crippen LogP contribution in [0.1, 0.15) is 18.4 Å². The van der Waals surface area contributed by atoms with Gasteiger partial charge >= 0.3 is 6.18 Å². The molecule has 2 aliphatic heterocycles. The monoisotopic (exact) mass is 435 g/mol. The smallest absolute Gasteiger partial charge is 0.417 e. The van der Waals surface area contributed by atoms with Crippen molar-refractivity contribution in [3.05, 3.63) is 48.2 Å². The number of alkyl halides is 3. The molecule has 2 saturated heterocycles. The summed E-state index contributed by atoms with van der Waals surface area (Å²) >= 11 is 0. The summed E-state index contributed by atoms with van der Waals surface area (Å²) in [6, 6.07) is 9.48. The molecule has 0 N–H and O–H groups in total. The van der Waals surface area contributed by atoms with Gasteiger partial charge in [-0.05, 0) is 55.2 Å². The molecule has 31 heavy (non-hydrogen) atoms. The largest absolute Gasteiger partial charge is 0.497 e. The SMILES string of the molecule is COc1ccc(OCC(=O)N2CCC3CCN(c4ccc(C(F)(F)F)cn4)CC32)cc1. The zero-order valence-corrected chi connectivity index (χ0v) is 17.1. The number of halogens is 3. The minimum Gasteiger partial charge on any atom is -0.497 e. The molecule has 1 amide bonds. The number of likely N-dealkylation sites (tertiary alicyclic amines) is 1. The second kappa shape index (κ2) is 8.64. The van der Waals surface area contributed by atoms with E-state index in [1.807, 2.05) is 9.80 Å². The molecule has 2 fully saturated rings. The maximum atomic E-state index is 12.8. The lowest BCUT2D eigenvalue weighted by Crippen LogP contribution is -2.51. The summed E-state index contributed by atoms with van der Waals surface area (Å²) in [6.07, 6.45) is -1.75. The molecular weight excluding hydrogens is 411 g/mol. The molecular formula is C22H24F3N3O3. The van der Waals surface area contributed by atoms with Crippen molar-refractivity contribution >= 4 is 11.7 Å². The summed E-state index contributed by atoms with van der Waals surface area (Å²) in [4.78, 5) is 20.6. The van der Waals surface area contributed by atoms with Crippen molar-refractivity contribution in [1.82, 2.24) is 9.88 Å². The highest BCUT2D eigenvalue weighted by atomic mass is 19.4. The zero-order valence-electron chi connectivity index (χ0n) is 17.1. The average Bonchev–Trinajstić information content (AvgIpc) is 3.20. The predicted molar refractivity (Wildman–Crippen MR) is 108 cm³/mol. The summed E-state index contributed by atoms with van der Waals surface area (Å²) in [6.45, 7) is 1.86. The van der Waals surface area contributed by atoms with Crippen LogP contribution in [-0.2, 0) is 11.0 Å². The molecule has 3 heterocycles. The fraction of sp³-hybridized carbons (Fsp3) is 0.455. The number of ether oxygens (including phenoxy) is 2. The molecule has 0 radical (unpaired) electrons. The van der Waals surface area contributed by atoms with Gasteiger partial charge in [0.05, 0.1) is 18.7 Å². The summed E-state index contributed by atoms with van der Waals surface area (Å²) in [7, 11) is 1.58. The van der Waals surface area contributed by atoms with Crippen LogP contribution in [-0.4, -0.2) is 55.2 Å². The van der Waals surface area contributed by atoms with Crippen molar-refractivity contribution in [2.45, 2.75) is 25.1 Å². The number of hydrogen-bond acceptors (Lipinski definition) is 5. The van der Waals surface area contributed by atoms with E-state index in [4.69, 9.17) is 9.47 Å². The van der Waals surface area contributed by atoms with Gasteiger partial charge in [-0.2, -0.15) is 13.2 Å².